The highest BCUT2D eigenvalue weighted by molar-refractivity contribution is 7.89. The lowest BCUT2D eigenvalue weighted by Crippen LogP contribution is -2.36. The van der Waals surface area contributed by atoms with Crippen molar-refractivity contribution in [2.24, 2.45) is 0 Å². The van der Waals surface area contributed by atoms with Crippen LogP contribution in [0.15, 0.2) is 66.1 Å². The van der Waals surface area contributed by atoms with E-state index in [1.807, 2.05) is 6.07 Å². The number of nitrogens with zero attached hydrogens (tertiary/aromatic N) is 4. The van der Waals surface area contributed by atoms with Crippen LogP contribution in [0, 0.1) is 0 Å². The van der Waals surface area contributed by atoms with Gasteiger partial charge in [0.2, 0.25) is 15.9 Å². The van der Waals surface area contributed by atoms with Gasteiger partial charge in [0.25, 0.3) is 0 Å². The maximum atomic E-state index is 12.9. The first-order chi connectivity index (χ1) is 12.6. The van der Waals surface area contributed by atoms with Gasteiger partial charge in [0.1, 0.15) is 12.1 Å². The van der Waals surface area contributed by atoms with Gasteiger partial charge < -0.3 is 4.74 Å². The van der Waals surface area contributed by atoms with Crippen molar-refractivity contribution in [3.05, 3.63) is 72.4 Å². The van der Waals surface area contributed by atoms with Crippen LogP contribution in [-0.2, 0) is 23.0 Å². The van der Waals surface area contributed by atoms with Gasteiger partial charge in [0.15, 0.2) is 0 Å². The summed E-state index contributed by atoms with van der Waals surface area (Å²) in [5.41, 5.74) is 1.75. The molecular weight excluding hydrogens is 352 g/mol. The molecule has 7 nitrogen and oxygen atoms in total. The summed E-state index contributed by atoms with van der Waals surface area (Å²) in [7, 11) is -3.59. The summed E-state index contributed by atoms with van der Waals surface area (Å²) in [6.07, 6.45) is 5.43. The Morgan fingerprint density at radius 3 is 2.65 bits per heavy atom. The number of benzene rings is 1. The Morgan fingerprint density at radius 1 is 1.04 bits per heavy atom. The average Bonchev–Trinajstić information content (AvgIpc) is 2.69. The van der Waals surface area contributed by atoms with E-state index >= 15 is 0 Å². The van der Waals surface area contributed by atoms with E-state index in [4.69, 9.17) is 4.74 Å². The van der Waals surface area contributed by atoms with Crippen LogP contribution in [0.4, 0.5) is 0 Å². The highest BCUT2D eigenvalue weighted by Crippen LogP contribution is 2.26. The number of pyridine rings is 1. The van der Waals surface area contributed by atoms with Crippen LogP contribution in [-0.4, -0.2) is 34.2 Å². The van der Waals surface area contributed by atoms with Crippen LogP contribution in [0.1, 0.15) is 11.3 Å². The van der Waals surface area contributed by atoms with Crippen molar-refractivity contribution in [1.82, 2.24) is 19.3 Å². The van der Waals surface area contributed by atoms with E-state index in [-0.39, 0.29) is 11.4 Å². The average molecular weight is 368 g/mol. The van der Waals surface area contributed by atoms with Gasteiger partial charge in [-0.25, -0.2) is 23.4 Å². The van der Waals surface area contributed by atoms with Crippen molar-refractivity contribution in [2.45, 2.75) is 17.9 Å². The second-order valence-electron chi connectivity index (χ2n) is 5.82. The third-order valence-electron chi connectivity index (χ3n) is 4.16. The molecule has 0 aliphatic carbocycles. The van der Waals surface area contributed by atoms with Gasteiger partial charge in [0, 0.05) is 25.0 Å². The van der Waals surface area contributed by atoms with E-state index < -0.39 is 10.0 Å². The number of hydrogen-bond donors (Lipinski definition) is 0. The topological polar surface area (TPSA) is 85.3 Å². The van der Waals surface area contributed by atoms with E-state index in [0.29, 0.717) is 24.6 Å². The Labute approximate surface area is 151 Å². The standard InChI is InChI=1S/C18H16N4O3S/c23-26(24,22-10-8-14-11-19-13-21-17(14)12-22)16-6-4-15(5-7-16)25-18-3-1-2-9-20-18/h1-7,9,11,13H,8,10,12H2. The molecule has 2 aromatic heterocycles. The zero-order valence-electron chi connectivity index (χ0n) is 13.8. The summed E-state index contributed by atoms with van der Waals surface area (Å²) in [4.78, 5) is 12.5. The molecule has 4 rings (SSSR count). The normalized spacial score (nSPS) is 14.6. The number of rotatable bonds is 4. The first kappa shape index (κ1) is 16.6. The molecule has 0 fully saturated rings. The fourth-order valence-electron chi connectivity index (χ4n) is 2.79. The molecule has 26 heavy (non-hydrogen) atoms. The molecule has 0 saturated heterocycles. The highest BCUT2D eigenvalue weighted by Gasteiger charge is 2.29. The minimum absolute atomic E-state index is 0.225. The van der Waals surface area contributed by atoms with Crippen molar-refractivity contribution >= 4 is 10.0 Å². The Kier molecular flexibility index (Phi) is 4.36. The molecule has 0 saturated carbocycles. The maximum Gasteiger partial charge on any atom is 0.243 e. The van der Waals surface area contributed by atoms with Crippen molar-refractivity contribution in [3.63, 3.8) is 0 Å². The summed E-state index contributed by atoms with van der Waals surface area (Å²) < 4.78 is 32.8. The molecule has 0 bridgehead atoms. The van der Waals surface area contributed by atoms with Crippen molar-refractivity contribution in [3.8, 4) is 11.6 Å². The van der Waals surface area contributed by atoms with Gasteiger partial charge in [0.05, 0.1) is 17.1 Å². The Morgan fingerprint density at radius 2 is 1.88 bits per heavy atom. The lowest BCUT2D eigenvalue weighted by molar-refractivity contribution is 0.384. The quantitative estimate of drug-likeness (QED) is 0.703. The molecule has 1 aromatic carbocycles. The van der Waals surface area contributed by atoms with Crippen molar-refractivity contribution in [1.29, 1.82) is 0 Å². The lowest BCUT2D eigenvalue weighted by atomic mass is 10.1. The van der Waals surface area contributed by atoms with Crippen LogP contribution in [0.2, 0.25) is 0 Å². The van der Waals surface area contributed by atoms with E-state index in [1.165, 1.54) is 10.6 Å². The zero-order chi connectivity index (χ0) is 18.0. The molecule has 3 aromatic rings. The SMILES string of the molecule is O=S(=O)(c1ccc(Oc2ccccn2)cc1)N1CCc2cncnc2C1. The third-order valence-corrected chi connectivity index (χ3v) is 6.02. The molecule has 0 radical (unpaired) electrons. The lowest BCUT2D eigenvalue weighted by Gasteiger charge is -2.27. The number of ether oxygens (including phenoxy) is 1. The van der Waals surface area contributed by atoms with E-state index in [9.17, 15) is 8.42 Å². The van der Waals surface area contributed by atoms with Gasteiger partial charge in [-0.2, -0.15) is 4.31 Å². The third kappa shape index (κ3) is 3.29. The number of fused-ring (bicyclic) bond motifs is 1. The number of hydrogen-bond acceptors (Lipinski definition) is 6. The molecule has 0 spiro atoms. The van der Waals surface area contributed by atoms with Crippen LogP contribution >= 0.6 is 0 Å². The fraction of sp³-hybridized carbons (Fsp3) is 0.167. The smallest absolute Gasteiger partial charge is 0.243 e. The van der Waals surface area contributed by atoms with Crippen LogP contribution in [0.3, 0.4) is 0 Å². The Bertz CT molecular complexity index is 1010. The summed E-state index contributed by atoms with van der Waals surface area (Å²) in [6.45, 7) is 0.668. The largest absolute Gasteiger partial charge is 0.439 e. The minimum Gasteiger partial charge on any atom is -0.439 e. The Hall–Kier alpha value is -2.84. The summed E-state index contributed by atoms with van der Waals surface area (Å²) in [5.74, 6) is 0.981. The van der Waals surface area contributed by atoms with Crippen LogP contribution in [0.5, 0.6) is 11.6 Å². The van der Waals surface area contributed by atoms with Crippen LogP contribution < -0.4 is 4.74 Å². The summed E-state index contributed by atoms with van der Waals surface area (Å²) in [5, 5.41) is 0. The monoisotopic (exact) mass is 368 g/mol. The van der Waals surface area contributed by atoms with Gasteiger partial charge in [-0.15, -0.1) is 0 Å². The molecule has 0 N–H and O–H groups in total. The van der Waals surface area contributed by atoms with Crippen molar-refractivity contribution in [2.75, 3.05) is 6.54 Å². The van der Waals surface area contributed by atoms with E-state index in [2.05, 4.69) is 15.0 Å². The second kappa shape index (κ2) is 6.81. The second-order valence-corrected chi connectivity index (χ2v) is 7.76. The van der Waals surface area contributed by atoms with Crippen molar-refractivity contribution < 1.29 is 13.2 Å². The zero-order valence-corrected chi connectivity index (χ0v) is 14.6. The summed E-state index contributed by atoms with van der Waals surface area (Å²) in [6, 6.07) is 11.7. The molecule has 1 aliphatic heterocycles. The maximum absolute atomic E-state index is 12.9. The first-order valence-corrected chi connectivity index (χ1v) is 9.54. The van der Waals surface area contributed by atoms with E-state index in [1.54, 1.807) is 48.8 Å². The first-order valence-electron chi connectivity index (χ1n) is 8.10. The molecule has 0 amide bonds. The molecule has 1 aliphatic rings. The van der Waals surface area contributed by atoms with E-state index in [0.717, 1.165) is 11.3 Å². The van der Waals surface area contributed by atoms with Gasteiger partial charge >= 0.3 is 0 Å². The molecular formula is C18H16N4O3S. The highest BCUT2D eigenvalue weighted by atomic mass is 32.2. The predicted octanol–water partition coefficient (Wildman–Crippen LogP) is 2.41. The predicted molar refractivity (Wildman–Crippen MR) is 94.1 cm³/mol. The number of aromatic nitrogens is 3. The minimum atomic E-state index is -3.59. The van der Waals surface area contributed by atoms with Gasteiger partial charge in [-0.05, 0) is 42.3 Å². The molecule has 132 valence electrons. The molecule has 8 heteroatoms. The fourth-order valence-corrected chi connectivity index (χ4v) is 4.19. The molecule has 3 heterocycles. The molecule has 0 unspecified atom stereocenters. The van der Waals surface area contributed by atoms with Crippen LogP contribution in [0.25, 0.3) is 0 Å². The van der Waals surface area contributed by atoms with Gasteiger partial charge in [-0.3, -0.25) is 0 Å². The van der Waals surface area contributed by atoms with Gasteiger partial charge in [-0.1, -0.05) is 6.07 Å². The summed E-state index contributed by atoms with van der Waals surface area (Å²) >= 11 is 0. The molecule has 0 atom stereocenters. The number of sulfonamides is 1. The Balaban J connectivity index is 1.53.